The van der Waals surface area contributed by atoms with Gasteiger partial charge in [0.1, 0.15) is 5.82 Å². The van der Waals surface area contributed by atoms with Gasteiger partial charge in [0.2, 0.25) is 5.88 Å². The fourth-order valence-corrected chi connectivity index (χ4v) is 3.04. The van der Waals surface area contributed by atoms with Gasteiger partial charge in [0.15, 0.2) is 0 Å². The maximum atomic E-state index is 12.1. The highest BCUT2D eigenvalue weighted by atomic mass is 16.3. The predicted octanol–water partition coefficient (Wildman–Crippen LogP) is 0.271. The number of nitrogens with zero attached hydrogens (tertiary/aromatic N) is 3. The molecular formula is C13H20N4O2. The molecule has 6 heteroatoms. The summed E-state index contributed by atoms with van der Waals surface area (Å²) >= 11 is 0. The molecule has 0 aromatic carbocycles. The zero-order valence-electron chi connectivity index (χ0n) is 11.4. The summed E-state index contributed by atoms with van der Waals surface area (Å²) in [5.41, 5.74) is 0.162. The summed E-state index contributed by atoms with van der Waals surface area (Å²) in [5.74, 6) is 0.444. The van der Waals surface area contributed by atoms with Crippen LogP contribution in [0.15, 0.2) is 4.79 Å². The Labute approximate surface area is 112 Å². The molecule has 0 spiro atoms. The average Bonchev–Trinajstić information content (AvgIpc) is 2.38. The third kappa shape index (κ3) is 2.15. The molecule has 1 aromatic rings. The number of fused-ring (bicyclic) bond motifs is 3. The minimum Gasteiger partial charge on any atom is -0.493 e. The number of aromatic nitrogens is 2. The van der Waals surface area contributed by atoms with Gasteiger partial charge >= 0.3 is 0 Å². The Morgan fingerprint density at radius 3 is 2.47 bits per heavy atom. The summed E-state index contributed by atoms with van der Waals surface area (Å²) in [6.07, 6.45) is 0. The first-order valence-corrected chi connectivity index (χ1v) is 6.85. The first-order chi connectivity index (χ1) is 9.06. The highest BCUT2D eigenvalue weighted by Crippen LogP contribution is 2.28. The van der Waals surface area contributed by atoms with Crippen LogP contribution in [0.4, 0.5) is 0 Å². The topological polar surface area (TPSA) is 72.5 Å². The van der Waals surface area contributed by atoms with Gasteiger partial charge in [-0.1, -0.05) is 13.8 Å². The van der Waals surface area contributed by atoms with Gasteiger partial charge in [-0.05, 0) is 5.92 Å². The maximum absolute atomic E-state index is 12.1. The zero-order valence-corrected chi connectivity index (χ0v) is 11.4. The number of piperazine rings is 3. The van der Waals surface area contributed by atoms with Crippen molar-refractivity contribution in [3.05, 3.63) is 21.7 Å². The quantitative estimate of drug-likeness (QED) is 0.802. The van der Waals surface area contributed by atoms with E-state index in [1.807, 2.05) is 13.8 Å². The van der Waals surface area contributed by atoms with Gasteiger partial charge < -0.3 is 10.1 Å². The Kier molecular flexibility index (Phi) is 3.06. The van der Waals surface area contributed by atoms with Crippen LogP contribution in [-0.2, 0) is 0 Å². The molecule has 0 aliphatic carbocycles. The average molecular weight is 264 g/mol. The lowest BCUT2D eigenvalue weighted by Gasteiger charge is -2.46. The van der Waals surface area contributed by atoms with Crippen LogP contribution in [-0.4, -0.2) is 57.6 Å². The van der Waals surface area contributed by atoms with Gasteiger partial charge in [0.25, 0.3) is 5.56 Å². The van der Waals surface area contributed by atoms with Crippen molar-refractivity contribution in [3.8, 4) is 5.88 Å². The Bertz CT molecular complexity index is 532. The Hall–Kier alpha value is -1.40. The van der Waals surface area contributed by atoms with E-state index in [0.717, 1.165) is 32.7 Å². The molecule has 2 N–H and O–H groups in total. The minimum atomic E-state index is -0.213. The maximum Gasteiger partial charge on any atom is 0.258 e. The van der Waals surface area contributed by atoms with E-state index < -0.39 is 0 Å². The molecule has 1 atom stereocenters. The van der Waals surface area contributed by atoms with Crippen molar-refractivity contribution in [1.82, 2.24) is 19.8 Å². The van der Waals surface area contributed by atoms with Gasteiger partial charge in [0, 0.05) is 32.7 Å². The highest BCUT2D eigenvalue weighted by Gasteiger charge is 2.34. The fourth-order valence-electron chi connectivity index (χ4n) is 3.04. The molecule has 1 unspecified atom stereocenters. The molecule has 3 aliphatic heterocycles. The van der Waals surface area contributed by atoms with Crippen LogP contribution in [0.1, 0.15) is 37.2 Å². The molecule has 0 amide bonds. The molecule has 6 nitrogen and oxygen atoms in total. The monoisotopic (exact) mass is 264 g/mol. The summed E-state index contributed by atoms with van der Waals surface area (Å²) in [5, 5.41) is 9.98. The third-order valence-corrected chi connectivity index (χ3v) is 4.13. The number of H-pyrrole nitrogens is 1. The fraction of sp³-hybridized carbons (Fsp3) is 0.692. The number of hydrogen-bond donors (Lipinski definition) is 2. The normalized spacial score (nSPS) is 29.9. The Morgan fingerprint density at radius 1 is 1.32 bits per heavy atom. The van der Waals surface area contributed by atoms with E-state index in [4.69, 9.17) is 0 Å². The van der Waals surface area contributed by atoms with Crippen molar-refractivity contribution < 1.29 is 5.11 Å². The Morgan fingerprint density at radius 2 is 2.00 bits per heavy atom. The van der Waals surface area contributed by atoms with Crippen LogP contribution in [0.3, 0.4) is 0 Å². The molecule has 2 bridgehead atoms. The van der Waals surface area contributed by atoms with Crippen molar-refractivity contribution in [2.75, 3.05) is 32.7 Å². The van der Waals surface area contributed by atoms with Crippen molar-refractivity contribution in [1.29, 1.82) is 0 Å². The summed E-state index contributed by atoms with van der Waals surface area (Å²) in [7, 11) is 0. The van der Waals surface area contributed by atoms with Crippen LogP contribution in [0.25, 0.3) is 0 Å². The second-order valence-electron chi connectivity index (χ2n) is 5.70. The van der Waals surface area contributed by atoms with Gasteiger partial charge in [-0.25, -0.2) is 0 Å². The lowest BCUT2D eigenvalue weighted by Crippen LogP contribution is -2.57. The second kappa shape index (κ2) is 4.61. The smallest absolute Gasteiger partial charge is 0.258 e. The van der Waals surface area contributed by atoms with Gasteiger partial charge in [0.05, 0.1) is 11.6 Å². The summed E-state index contributed by atoms with van der Waals surface area (Å²) in [6, 6.07) is 0.0994. The van der Waals surface area contributed by atoms with E-state index in [2.05, 4.69) is 19.8 Å². The summed E-state index contributed by atoms with van der Waals surface area (Å²) in [4.78, 5) is 23.8. The van der Waals surface area contributed by atoms with Gasteiger partial charge in [-0.2, -0.15) is 4.98 Å². The molecule has 0 radical (unpaired) electrons. The summed E-state index contributed by atoms with van der Waals surface area (Å²) < 4.78 is 0. The minimum absolute atomic E-state index is 0.0304. The van der Waals surface area contributed by atoms with E-state index in [0.29, 0.717) is 11.4 Å². The molecule has 3 aliphatic rings. The SMILES string of the molecule is CC(C)c1c(O)nc(C2CN3CCN2CC3)[nH]c1=O. The van der Waals surface area contributed by atoms with E-state index in [1.165, 1.54) is 0 Å². The van der Waals surface area contributed by atoms with Crippen LogP contribution in [0.2, 0.25) is 0 Å². The van der Waals surface area contributed by atoms with Crippen molar-refractivity contribution >= 4 is 0 Å². The lowest BCUT2D eigenvalue weighted by molar-refractivity contribution is 0.00829. The van der Waals surface area contributed by atoms with Crippen LogP contribution >= 0.6 is 0 Å². The summed E-state index contributed by atoms with van der Waals surface area (Å²) in [6.45, 7) is 8.80. The Balaban J connectivity index is 1.96. The van der Waals surface area contributed by atoms with Gasteiger partial charge in [-0.3, -0.25) is 14.6 Å². The predicted molar refractivity (Wildman–Crippen MR) is 71.4 cm³/mol. The first-order valence-electron chi connectivity index (χ1n) is 6.85. The first kappa shape index (κ1) is 12.6. The number of nitrogens with one attached hydrogen (secondary N) is 1. The number of hydrogen-bond acceptors (Lipinski definition) is 5. The van der Waals surface area contributed by atoms with Crippen molar-refractivity contribution in [2.45, 2.75) is 25.8 Å². The number of rotatable bonds is 2. The molecule has 0 saturated carbocycles. The van der Waals surface area contributed by atoms with Crippen LogP contribution in [0.5, 0.6) is 5.88 Å². The molecule has 104 valence electrons. The molecule has 4 rings (SSSR count). The molecule has 3 fully saturated rings. The highest BCUT2D eigenvalue weighted by molar-refractivity contribution is 5.26. The second-order valence-corrected chi connectivity index (χ2v) is 5.70. The van der Waals surface area contributed by atoms with E-state index in [-0.39, 0.29) is 23.4 Å². The van der Waals surface area contributed by atoms with E-state index in [1.54, 1.807) is 0 Å². The van der Waals surface area contributed by atoms with Gasteiger partial charge in [-0.15, -0.1) is 0 Å². The van der Waals surface area contributed by atoms with Crippen molar-refractivity contribution in [2.24, 2.45) is 0 Å². The van der Waals surface area contributed by atoms with E-state index in [9.17, 15) is 9.90 Å². The standard InChI is InChI=1S/C13H20N4O2/c1-8(2)10-12(18)14-11(15-13(10)19)9-7-16-3-5-17(9)6-4-16/h8-9H,3-7H2,1-2H3,(H2,14,15,18,19). The molecule has 1 aromatic heterocycles. The molecule has 4 heterocycles. The third-order valence-electron chi connectivity index (χ3n) is 4.13. The largest absolute Gasteiger partial charge is 0.493 e. The molecule has 19 heavy (non-hydrogen) atoms. The van der Waals surface area contributed by atoms with E-state index >= 15 is 0 Å². The number of aromatic amines is 1. The van der Waals surface area contributed by atoms with Crippen molar-refractivity contribution in [3.63, 3.8) is 0 Å². The number of aromatic hydroxyl groups is 1. The molecular weight excluding hydrogens is 244 g/mol. The van der Waals surface area contributed by atoms with Crippen LogP contribution in [0, 0.1) is 0 Å². The zero-order chi connectivity index (χ0) is 13.6. The van der Waals surface area contributed by atoms with Crippen LogP contribution < -0.4 is 5.56 Å². The molecule has 3 saturated heterocycles. The lowest BCUT2D eigenvalue weighted by atomic mass is 10.0.